The van der Waals surface area contributed by atoms with E-state index in [4.69, 9.17) is 10.8 Å². The molecule has 102 valence electrons. The van der Waals surface area contributed by atoms with Gasteiger partial charge < -0.3 is 15.7 Å². The highest BCUT2D eigenvalue weighted by Crippen LogP contribution is 2.28. The minimum Gasteiger partial charge on any atom is -0.480 e. The van der Waals surface area contributed by atoms with Crippen LogP contribution in [0.4, 0.5) is 0 Å². The third-order valence-corrected chi connectivity index (χ3v) is 4.26. The predicted octanol–water partition coefficient (Wildman–Crippen LogP) is 0.970. The van der Waals surface area contributed by atoms with Crippen molar-refractivity contribution in [3.05, 3.63) is 0 Å². The molecule has 1 aliphatic carbocycles. The van der Waals surface area contributed by atoms with E-state index in [1.54, 1.807) is 0 Å². The molecule has 5 nitrogen and oxygen atoms in total. The third-order valence-electron chi connectivity index (χ3n) is 4.26. The molecular weight excluding hydrogens is 232 g/mol. The van der Waals surface area contributed by atoms with E-state index in [9.17, 15) is 9.59 Å². The molecule has 0 spiro atoms. The Bertz CT molecular complexity index is 326. The second-order valence-electron chi connectivity index (χ2n) is 5.45. The fourth-order valence-corrected chi connectivity index (χ4v) is 3.17. The van der Waals surface area contributed by atoms with Crippen LogP contribution in [-0.4, -0.2) is 40.5 Å². The van der Waals surface area contributed by atoms with Crippen LogP contribution in [0.2, 0.25) is 0 Å². The number of hydrogen-bond donors (Lipinski definition) is 2. The Hall–Kier alpha value is -1.10. The van der Waals surface area contributed by atoms with Gasteiger partial charge in [-0.15, -0.1) is 0 Å². The number of likely N-dealkylation sites (tertiary alicyclic amines) is 1. The first kappa shape index (κ1) is 13.3. The molecule has 1 amide bonds. The van der Waals surface area contributed by atoms with E-state index in [0.717, 1.165) is 32.1 Å². The number of carbonyl (C=O) groups excluding carboxylic acids is 1. The lowest BCUT2D eigenvalue weighted by atomic mass is 9.83. The minimum absolute atomic E-state index is 0.160. The predicted molar refractivity (Wildman–Crippen MR) is 66.9 cm³/mol. The maximum Gasteiger partial charge on any atom is 0.326 e. The van der Waals surface area contributed by atoms with Crippen molar-refractivity contribution >= 4 is 11.9 Å². The zero-order chi connectivity index (χ0) is 13.1. The average Bonchev–Trinajstić information content (AvgIpc) is 2.87. The number of nitrogens with zero attached hydrogens (tertiary/aromatic N) is 1. The number of aliphatic carboxylic acids is 1. The van der Waals surface area contributed by atoms with Gasteiger partial charge in [0.1, 0.15) is 6.04 Å². The second kappa shape index (κ2) is 5.69. The molecule has 0 bridgehead atoms. The van der Waals surface area contributed by atoms with Crippen LogP contribution in [0.25, 0.3) is 0 Å². The van der Waals surface area contributed by atoms with Crippen molar-refractivity contribution < 1.29 is 14.7 Å². The van der Waals surface area contributed by atoms with Crippen LogP contribution in [-0.2, 0) is 9.59 Å². The number of rotatable bonds is 3. The molecule has 2 atom stereocenters. The standard InChI is InChI=1S/C13H22N2O3/c14-11(9-5-2-1-3-6-9)12(16)15-8-4-7-10(15)13(17)18/h9-11H,1-8,14H2,(H,17,18)/t10?,11-/m0/s1. The van der Waals surface area contributed by atoms with Gasteiger partial charge in [0.05, 0.1) is 6.04 Å². The Labute approximate surface area is 107 Å². The molecule has 2 rings (SSSR count). The summed E-state index contributed by atoms with van der Waals surface area (Å²) < 4.78 is 0. The molecule has 5 heteroatoms. The van der Waals surface area contributed by atoms with Crippen LogP contribution < -0.4 is 5.73 Å². The van der Waals surface area contributed by atoms with Crippen LogP contribution in [0.1, 0.15) is 44.9 Å². The molecule has 0 aromatic carbocycles. The Balaban J connectivity index is 1.99. The summed E-state index contributed by atoms with van der Waals surface area (Å²) in [6.45, 7) is 0.538. The highest BCUT2D eigenvalue weighted by molar-refractivity contribution is 5.87. The molecule has 0 aromatic rings. The van der Waals surface area contributed by atoms with Crippen molar-refractivity contribution in [1.82, 2.24) is 4.90 Å². The summed E-state index contributed by atoms with van der Waals surface area (Å²) in [6, 6.07) is -1.17. The number of amides is 1. The van der Waals surface area contributed by atoms with Crippen LogP contribution in [0.5, 0.6) is 0 Å². The third kappa shape index (κ3) is 2.66. The van der Waals surface area contributed by atoms with Crippen molar-refractivity contribution in [2.75, 3.05) is 6.54 Å². The van der Waals surface area contributed by atoms with Crippen molar-refractivity contribution in [2.45, 2.75) is 57.0 Å². The summed E-state index contributed by atoms with van der Waals surface area (Å²) in [5, 5.41) is 9.09. The monoisotopic (exact) mass is 254 g/mol. The zero-order valence-corrected chi connectivity index (χ0v) is 10.7. The summed E-state index contributed by atoms with van der Waals surface area (Å²) in [6.07, 6.45) is 6.80. The molecular formula is C13H22N2O3. The molecule has 0 aromatic heterocycles. The number of hydrogen-bond acceptors (Lipinski definition) is 3. The van der Waals surface area contributed by atoms with Gasteiger partial charge in [-0.25, -0.2) is 4.79 Å². The van der Waals surface area contributed by atoms with Crippen LogP contribution in [0, 0.1) is 5.92 Å². The van der Waals surface area contributed by atoms with Crippen LogP contribution in [0.3, 0.4) is 0 Å². The molecule has 1 aliphatic heterocycles. The normalized spacial score (nSPS) is 27.2. The summed E-state index contributed by atoms with van der Waals surface area (Å²) in [5.74, 6) is -0.829. The Kier molecular flexibility index (Phi) is 4.22. The molecule has 0 radical (unpaired) electrons. The first-order chi connectivity index (χ1) is 8.61. The van der Waals surface area contributed by atoms with Gasteiger partial charge in [-0.05, 0) is 31.6 Å². The van der Waals surface area contributed by atoms with Crippen LogP contribution >= 0.6 is 0 Å². The molecule has 1 unspecified atom stereocenters. The fourth-order valence-electron chi connectivity index (χ4n) is 3.17. The van der Waals surface area contributed by atoms with Gasteiger partial charge in [0, 0.05) is 6.54 Å². The highest BCUT2D eigenvalue weighted by atomic mass is 16.4. The van der Waals surface area contributed by atoms with Crippen LogP contribution in [0.15, 0.2) is 0 Å². The average molecular weight is 254 g/mol. The Morgan fingerprint density at radius 3 is 2.39 bits per heavy atom. The van der Waals surface area contributed by atoms with Crippen molar-refractivity contribution in [3.8, 4) is 0 Å². The summed E-state index contributed by atoms with van der Waals surface area (Å²) in [4.78, 5) is 24.9. The van der Waals surface area contributed by atoms with Gasteiger partial charge in [0.25, 0.3) is 0 Å². The number of carboxylic acid groups (broad SMARTS) is 1. The minimum atomic E-state index is -0.906. The van der Waals surface area contributed by atoms with Gasteiger partial charge in [0.2, 0.25) is 5.91 Å². The first-order valence-corrected chi connectivity index (χ1v) is 6.90. The van der Waals surface area contributed by atoms with Crippen molar-refractivity contribution in [3.63, 3.8) is 0 Å². The molecule has 2 aliphatic rings. The van der Waals surface area contributed by atoms with E-state index in [-0.39, 0.29) is 11.8 Å². The molecule has 1 saturated carbocycles. The van der Waals surface area contributed by atoms with Gasteiger partial charge in [0.15, 0.2) is 0 Å². The van der Waals surface area contributed by atoms with Gasteiger partial charge >= 0.3 is 5.97 Å². The summed E-state index contributed by atoms with van der Waals surface area (Å²) in [5.41, 5.74) is 6.05. The molecule has 2 fully saturated rings. The first-order valence-electron chi connectivity index (χ1n) is 6.90. The lowest BCUT2D eigenvalue weighted by molar-refractivity contribution is -0.149. The Morgan fingerprint density at radius 2 is 1.78 bits per heavy atom. The number of carboxylic acids is 1. The van der Waals surface area contributed by atoms with E-state index in [1.807, 2.05) is 0 Å². The zero-order valence-electron chi connectivity index (χ0n) is 10.7. The highest BCUT2D eigenvalue weighted by Gasteiger charge is 2.38. The van der Waals surface area contributed by atoms with E-state index >= 15 is 0 Å². The van der Waals surface area contributed by atoms with E-state index < -0.39 is 18.1 Å². The maximum atomic E-state index is 12.3. The van der Waals surface area contributed by atoms with E-state index in [1.165, 1.54) is 11.3 Å². The van der Waals surface area contributed by atoms with Gasteiger partial charge in [-0.1, -0.05) is 19.3 Å². The smallest absolute Gasteiger partial charge is 0.326 e. The van der Waals surface area contributed by atoms with Crippen molar-refractivity contribution in [1.29, 1.82) is 0 Å². The second-order valence-corrected chi connectivity index (χ2v) is 5.45. The summed E-state index contributed by atoms with van der Waals surface area (Å²) in [7, 11) is 0. The topological polar surface area (TPSA) is 83.6 Å². The SMILES string of the molecule is N[C@H](C(=O)N1CCCC1C(=O)O)C1CCCCC1. The lowest BCUT2D eigenvalue weighted by Gasteiger charge is -2.31. The number of carbonyl (C=O) groups is 2. The number of nitrogens with two attached hydrogens (primary N) is 1. The Morgan fingerprint density at radius 1 is 1.11 bits per heavy atom. The maximum absolute atomic E-state index is 12.3. The summed E-state index contributed by atoms with van der Waals surface area (Å²) >= 11 is 0. The molecule has 1 saturated heterocycles. The molecule has 18 heavy (non-hydrogen) atoms. The lowest BCUT2D eigenvalue weighted by Crippen LogP contribution is -2.51. The molecule has 1 heterocycles. The van der Waals surface area contributed by atoms with Gasteiger partial charge in [-0.2, -0.15) is 0 Å². The van der Waals surface area contributed by atoms with E-state index in [0.29, 0.717) is 13.0 Å². The van der Waals surface area contributed by atoms with Crippen molar-refractivity contribution in [2.24, 2.45) is 11.7 Å². The van der Waals surface area contributed by atoms with Gasteiger partial charge in [-0.3, -0.25) is 4.79 Å². The quantitative estimate of drug-likeness (QED) is 0.786. The fraction of sp³-hybridized carbons (Fsp3) is 0.846. The molecule has 3 N–H and O–H groups in total. The van der Waals surface area contributed by atoms with E-state index in [2.05, 4.69) is 0 Å². The largest absolute Gasteiger partial charge is 0.480 e.